The van der Waals surface area contributed by atoms with Crippen LogP contribution in [0.25, 0.3) is 55.0 Å². The first-order valence-electron chi connectivity index (χ1n) is 23.4. The Morgan fingerprint density at radius 2 is 0.853 bits per heavy atom. The molecule has 0 aliphatic rings. The fourth-order valence-corrected chi connectivity index (χ4v) is 9.36. The molecule has 2 aromatic heterocycles. The molecule has 7 heteroatoms. The number of fused-ring (bicyclic) bond motifs is 6. The standard InChI is InChI=1S/C47H48N4O2.2C7H7.Ti/c1-6-48(7-2)24-25-49(30-34-26-31(3)28-44(46(34)52)50-40-20-12-8-16-35(40)36-17-9-13-21-41(36)50)33(5)39-27-32(4)29-45(47(39)53)51-42-22-14-10-18-37(42)38-19-11-15-23-43(38)51;2*1-7-5-3-2-4-6-7;/h8-23,26-29,33,52-53H,6-7,24-25,30H2,1-5H3;2*2-6H,1H2;/q;2*-1;+3. The first kappa shape index (κ1) is 49.2. The Labute approximate surface area is 417 Å². The van der Waals surface area contributed by atoms with E-state index in [1.54, 1.807) is 0 Å². The van der Waals surface area contributed by atoms with E-state index in [2.05, 4.69) is 189 Å². The van der Waals surface area contributed by atoms with Crippen LogP contribution < -0.4 is 0 Å². The van der Waals surface area contributed by atoms with Gasteiger partial charge in [-0.1, -0.05) is 111 Å². The number of para-hydroxylation sites is 4. The van der Waals surface area contributed by atoms with Crippen LogP contribution >= 0.6 is 0 Å². The molecule has 0 spiro atoms. The van der Waals surface area contributed by atoms with Crippen LogP contribution in [0.4, 0.5) is 0 Å². The maximum absolute atomic E-state index is 12.3. The van der Waals surface area contributed by atoms with Crippen molar-refractivity contribution in [3.05, 3.63) is 229 Å². The topological polar surface area (TPSA) is 56.8 Å². The predicted octanol–water partition coefficient (Wildman–Crippen LogP) is 14.5. The minimum Gasteiger partial charge on any atom is -0.505 e. The van der Waals surface area contributed by atoms with E-state index in [1.807, 2.05) is 60.7 Å². The summed E-state index contributed by atoms with van der Waals surface area (Å²) in [6, 6.07) is 61.7. The molecule has 0 fully saturated rings. The number of benzene rings is 8. The summed E-state index contributed by atoms with van der Waals surface area (Å²) in [5.41, 5.74) is 11.9. The van der Waals surface area contributed by atoms with Crippen molar-refractivity contribution < 1.29 is 31.9 Å². The maximum atomic E-state index is 12.3. The molecule has 0 aliphatic heterocycles. The van der Waals surface area contributed by atoms with Crippen molar-refractivity contribution >= 4 is 43.6 Å². The Hall–Kier alpha value is -6.67. The van der Waals surface area contributed by atoms with Gasteiger partial charge in [0.05, 0.1) is 33.4 Å². The molecule has 0 saturated heterocycles. The number of rotatable bonds is 11. The molecule has 1 radical (unpaired) electrons. The monoisotopic (exact) mass is 930 g/mol. The molecule has 2 heterocycles. The third-order valence-electron chi connectivity index (χ3n) is 12.9. The zero-order valence-electron chi connectivity index (χ0n) is 40.0. The van der Waals surface area contributed by atoms with E-state index in [1.165, 1.54) is 0 Å². The van der Waals surface area contributed by atoms with E-state index >= 15 is 0 Å². The summed E-state index contributed by atoms with van der Waals surface area (Å²) in [7, 11) is 0. The number of phenols is 2. The largest absolute Gasteiger partial charge is 3.00 e. The summed E-state index contributed by atoms with van der Waals surface area (Å²) in [4.78, 5) is 4.84. The Balaban J connectivity index is 0.000000391. The molecular formula is C61H62N4O2Ti+. The molecule has 6 nitrogen and oxygen atoms in total. The average molecular weight is 931 g/mol. The third kappa shape index (κ3) is 10.6. The SMILES string of the molecule is CCN(CC)CCN(Cc1cc(C)cc(-n2c3ccccc3c3ccccc32)c1O)C(C)c1cc(C)cc(-n2c3ccccc3c3ccccc32)c1O.[CH2-]c1ccccc1.[CH2-]c1ccccc1.[Ti+3]. The Kier molecular flexibility index (Phi) is 16.2. The minimum atomic E-state index is -0.158. The Bertz CT molecular complexity index is 3100. The summed E-state index contributed by atoms with van der Waals surface area (Å²) in [5.74, 6) is 0.559. The van der Waals surface area contributed by atoms with E-state index < -0.39 is 0 Å². The molecule has 341 valence electrons. The van der Waals surface area contributed by atoms with E-state index in [4.69, 9.17) is 0 Å². The molecule has 68 heavy (non-hydrogen) atoms. The number of hydrogen-bond acceptors (Lipinski definition) is 4. The molecule has 8 aromatic carbocycles. The smallest absolute Gasteiger partial charge is 0.505 e. The van der Waals surface area contributed by atoms with Gasteiger partial charge in [0.25, 0.3) is 0 Å². The van der Waals surface area contributed by atoms with Gasteiger partial charge in [-0.25, -0.2) is 0 Å². The van der Waals surface area contributed by atoms with Crippen molar-refractivity contribution in [2.75, 3.05) is 26.2 Å². The first-order chi connectivity index (χ1) is 32.6. The van der Waals surface area contributed by atoms with E-state index in [0.717, 1.165) is 115 Å². The van der Waals surface area contributed by atoms with Crippen LogP contribution in [0.15, 0.2) is 182 Å². The number of aromatic hydroxyl groups is 2. The molecule has 1 unspecified atom stereocenters. The van der Waals surface area contributed by atoms with E-state index in [0.29, 0.717) is 6.54 Å². The van der Waals surface area contributed by atoms with Crippen LogP contribution in [0.5, 0.6) is 11.5 Å². The fraction of sp³-hybridized carbons (Fsp3) is 0.180. The maximum Gasteiger partial charge on any atom is 3.00 e. The summed E-state index contributed by atoms with van der Waals surface area (Å²) in [5, 5.41) is 29.2. The molecule has 1 atom stereocenters. The van der Waals surface area contributed by atoms with Crippen LogP contribution in [-0.4, -0.2) is 55.3 Å². The van der Waals surface area contributed by atoms with Gasteiger partial charge in [0.1, 0.15) is 11.5 Å². The summed E-state index contributed by atoms with van der Waals surface area (Å²) in [6.45, 7) is 22.3. The zero-order valence-corrected chi connectivity index (χ0v) is 41.6. The van der Waals surface area contributed by atoms with Gasteiger partial charge in [-0.05, 0) is 81.4 Å². The van der Waals surface area contributed by atoms with Crippen LogP contribution in [0, 0.1) is 27.7 Å². The average Bonchev–Trinajstić information content (AvgIpc) is 3.86. The second kappa shape index (κ2) is 22.4. The van der Waals surface area contributed by atoms with Gasteiger partial charge in [0.2, 0.25) is 0 Å². The van der Waals surface area contributed by atoms with Gasteiger partial charge < -0.3 is 24.2 Å². The van der Waals surface area contributed by atoms with Gasteiger partial charge in [-0.15, -0.1) is 24.3 Å². The zero-order chi connectivity index (χ0) is 47.0. The molecule has 0 bridgehead atoms. The van der Waals surface area contributed by atoms with Crippen LogP contribution in [-0.2, 0) is 28.3 Å². The number of nitrogens with zero attached hydrogens (tertiary/aromatic N) is 4. The van der Waals surface area contributed by atoms with Crippen molar-refractivity contribution in [3.8, 4) is 22.9 Å². The number of hydrogen-bond donors (Lipinski definition) is 2. The first-order valence-corrected chi connectivity index (χ1v) is 23.4. The van der Waals surface area contributed by atoms with Crippen molar-refractivity contribution in [1.29, 1.82) is 0 Å². The third-order valence-corrected chi connectivity index (χ3v) is 12.9. The predicted molar refractivity (Wildman–Crippen MR) is 283 cm³/mol. The molecular weight excluding hydrogens is 869 g/mol. The normalized spacial score (nSPS) is 11.6. The van der Waals surface area contributed by atoms with Crippen molar-refractivity contribution in [2.45, 2.75) is 47.2 Å². The summed E-state index contributed by atoms with van der Waals surface area (Å²) >= 11 is 0. The van der Waals surface area contributed by atoms with Gasteiger partial charge in [0.15, 0.2) is 0 Å². The number of aromatic nitrogens is 2. The number of likely N-dealkylation sites (N-methyl/N-ethyl adjacent to an activating group) is 1. The minimum absolute atomic E-state index is 0. The van der Waals surface area contributed by atoms with Gasteiger partial charge in [0, 0.05) is 58.3 Å². The molecule has 0 aliphatic carbocycles. The Morgan fingerprint density at radius 3 is 1.24 bits per heavy atom. The van der Waals surface area contributed by atoms with Crippen LogP contribution in [0.1, 0.15) is 60.2 Å². The molecule has 0 amide bonds. The van der Waals surface area contributed by atoms with Crippen molar-refractivity contribution in [1.82, 2.24) is 18.9 Å². The quantitative estimate of drug-likeness (QED) is 0.100. The molecule has 10 rings (SSSR count). The molecule has 2 N–H and O–H groups in total. The second-order valence-corrected chi connectivity index (χ2v) is 17.4. The summed E-state index contributed by atoms with van der Waals surface area (Å²) < 4.78 is 4.40. The van der Waals surface area contributed by atoms with E-state index in [9.17, 15) is 10.2 Å². The fourth-order valence-electron chi connectivity index (χ4n) is 9.36. The number of phenolic OH excluding ortho intramolecular Hbond substituents is 2. The van der Waals surface area contributed by atoms with Gasteiger partial charge in [-0.2, -0.15) is 49.2 Å². The van der Waals surface area contributed by atoms with Gasteiger partial charge in [-0.3, -0.25) is 4.90 Å². The Morgan fingerprint density at radius 1 is 0.485 bits per heavy atom. The van der Waals surface area contributed by atoms with Crippen LogP contribution in [0.3, 0.4) is 0 Å². The van der Waals surface area contributed by atoms with E-state index in [-0.39, 0.29) is 39.3 Å². The van der Waals surface area contributed by atoms with Gasteiger partial charge >= 0.3 is 21.7 Å². The summed E-state index contributed by atoms with van der Waals surface area (Å²) in [6.07, 6.45) is 0. The van der Waals surface area contributed by atoms with Crippen molar-refractivity contribution in [2.24, 2.45) is 0 Å². The van der Waals surface area contributed by atoms with Crippen molar-refractivity contribution in [3.63, 3.8) is 0 Å². The number of aryl methyl sites for hydroxylation is 2. The molecule has 0 saturated carbocycles. The second-order valence-electron chi connectivity index (χ2n) is 17.4. The molecule has 10 aromatic rings. The van der Waals surface area contributed by atoms with Crippen LogP contribution in [0.2, 0.25) is 0 Å².